The molecule has 0 aromatic carbocycles. The highest BCUT2D eigenvalue weighted by molar-refractivity contribution is 5.99. The SMILES string of the molecule is COC(=O)c1c(NC2CC2)nn(C(C)C2CC2)c1N. The van der Waals surface area contributed by atoms with Gasteiger partial charge in [-0.2, -0.15) is 5.10 Å². The van der Waals surface area contributed by atoms with Crippen LogP contribution in [0.1, 0.15) is 49.0 Å². The lowest BCUT2D eigenvalue weighted by Gasteiger charge is -2.12. The highest BCUT2D eigenvalue weighted by Crippen LogP contribution is 2.41. The number of rotatable bonds is 5. The Hall–Kier alpha value is -1.72. The first-order valence-electron chi connectivity index (χ1n) is 6.84. The molecule has 0 amide bonds. The van der Waals surface area contributed by atoms with Crippen molar-refractivity contribution in [2.75, 3.05) is 18.2 Å². The molecule has 1 aromatic rings. The largest absolute Gasteiger partial charge is 0.465 e. The van der Waals surface area contributed by atoms with Crippen molar-refractivity contribution in [2.24, 2.45) is 5.92 Å². The fourth-order valence-electron chi connectivity index (χ4n) is 2.36. The minimum Gasteiger partial charge on any atom is -0.465 e. The Labute approximate surface area is 112 Å². The number of esters is 1. The topological polar surface area (TPSA) is 82.2 Å². The van der Waals surface area contributed by atoms with Crippen molar-refractivity contribution < 1.29 is 9.53 Å². The Morgan fingerprint density at radius 3 is 2.68 bits per heavy atom. The van der Waals surface area contributed by atoms with Gasteiger partial charge < -0.3 is 15.8 Å². The van der Waals surface area contributed by atoms with Crippen LogP contribution in [0.25, 0.3) is 0 Å². The van der Waals surface area contributed by atoms with Crippen molar-refractivity contribution in [3.63, 3.8) is 0 Å². The Balaban J connectivity index is 1.95. The lowest BCUT2D eigenvalue weighted by atomic mass is 10.2. The normalized spacial score (nSPS) is 20.1. The highest BCUT2D eigenvalue weighted by Gasteiger charge is 2.34. The lowest BCUT2D eigenvalue weighted by molar-refractivity contribution is 0.0603. The maximum Gasteiger partial charge on any atom is 0.345 e. The van der Waals surface area contributed by atoms with E-state index in [9.17, 15) is 4.79 Å². The van der Waals surface area contributed by atoms with Gasteiger partial charge in [0.15, 0.2) is 5.82 Å². The Morgan fingerprint density at radius 2 is 2.16 bits per heavy atom. The van der Waals surface area contributed by atoms with Gasteiger partial charge in [-0.25, -0.2) is 9.48 Å². The minimum atomic E-state index is -0.421. The summed E-state index contributed by atoms with van der Waals surface area (Å²) in [5.74, 6) is 1.19. The van der Waals surface area contributed by atoms with Gasteiger partial charge in [0.1, 0.15) is 11.4 Å². The molecule has 104 valence electrons. The number of carbonyl (C=O) groups excluding carboxylic acids is 1. The van der Waals surface area contributed by atoms with Gasteiger partial charge in [-0.3, -0.25) is 0 Å². The summed E-state index contributed by atoms with van der Waals surface area (Å²) in [5.41, 5.74) is 6.48. The molecule has 19 heavy (non-hydrogen) atoms. The first-order chi connectivity index (χ1) is 9.11. The summed E-state index contributed by atoms with van der Waals surface area (Å²) in [6.07, 6.45) is 4.65. The van der Waals surface area contributed by atoms with Crippen LogP contribution in [0.3, 0.4) is 0 Å². The second-order valence-electron chi connectivity index (χ2n) is 5.54. The van der Waals surface area contributed by atoms with Crippen molar-refractivity contribution in [2.45, 2.75) is 44.7 Å². The van der Waals surface area contributed by atoms with E-state index in [0.717, 1.165) is 12.8 Å². The predicted molar refractivity (Wildman–Crippen MR) is 72.1 cm³/mol. The van der Waals surface area contributed by atoms with Crippen LogP contribution in [0, 0.1) is 5.92 Å². The smallest absolute Gasteiger partial charge is 0.345 e. The van der Waals surface area contributed by atoms with Crippen molar-refractivity contribution in [1.29, 1.82) is 0 Å². The summed E-state index contributed by atoms with van der Waals surface area (Å²) in [4.78, 5) is 11.9. The fourth-order valence-corrected chi connectivity index (χ4v) is 2.36. The number of ether oxygens (including phenoxy) is 1. The number of nitrogen functional groups attached to an aromatic ring is 1. The average molecular weight is 264 g/mol. The quantitative estimate of drug-likeness (QED) is 0.792. The molecule has 2 aliphatic rings. The van der Waals surface area contributed by atoms with E-state index in [1.807, 2.05) is 0 Å². The van der Waals surface area contributed by atoms with Gasteiger partial charge in [0.05, 0.1) is 13.2 Å². The fraction of sp³-hybridized carbons (Fsp3) is 0.692. The summed E-state index contributed by atoms with van der Waals surface area (Å²) >= 11 is 0. The number of anilines is 2. The van der Waals surface area contributed by atoms with Gasteiger partial charge >= 0.3 is 5.97 Å². The molecule has 0 aliphatic heterocycles. The van der Waals surface area contributed by atoms with Crippen LogP contribution in [0.15, 0.2) is 0 Å². The van der Waals surface area contributed by atoms with Gasteiger partial charge in [0.25, 0.3) is 0 Å². The van der Waals surface area contributed by atoms with Crippen LogP contribution in [-0.4, -0.2) is 28.9 Å². The standard InChI is InChI=1S/C13H20N4O2/c1-7(8-3-4-8)17-11(14)10(13(18)19-2)12(16-17)15-9-5-6-9/h7-9H,3-6,14H2,1-2H3,(H,15,16). The molecule has 0 radical (unpaired) electrons. The number of nitrogens with one attached hydrogen (secondary N) is 1. The third kappa shape index (κ3) is 2.27. The Morgan fingerprint density at radius 1 is 1.47 bits per heavy atom. The van der Waals surface area contributed by atoms with Crippen molar-refractivity contribution in [1.82, 2.24) is 9.78 Å². The number of methoxy groups -OCH3 is 1. The number of carbonyl (C=O) groups is 1. The number of nitrogens with zero attached hydrogens (tertiary/aromatic N) is 2. The molecule has 3 N–H and O–H groups in total. The van der Waals surface area contributed by atoms with Crippen LogP contribution in [0.4, 0.5) is 11.6 Å². The molecule has 0 saturated heterocycles. The van der Waals surface area contributed by atoms with E-state index in [1.165, 1.54) is 20.0 Å². The van der Waals surface area contributed by atoms with E-state index < -0.39 is 5.97 Å². The predicted octanol–water partition coefficient (Wildman–Crippen LogP) is 1.80. The molecule has 6 heteroatoms. The molecule has 1 heterocycles. The van der Waals surface area contributed by atoms with Crippen molar-refractivity contribution >= 4 is 17.6 Å². The number of hydrogen-bond donors (Lipinski definition) is 2. The van der Waals surface area contributed by atoms with E-state index in [-0.39, 0.29) is 6.04 Å². The van der Waals surface area contributed by atoms with Crippen LogP contribution >= 0.6 is 0 Å². The van der Waals surface area contributed by atoms with Crippen LogP contribution in [0.2, 0.25) is 0 Å². The van der Waals surface area contributed by atoms with Gasteiger partial charge in [-0.1, -0.05) is 0 Å². The van der Waals surface area contributed by atoms with E-state index in [4.69, 9.17) is 10.5 Å². The minimum absolute atomic E-state index is 0.234. The molecule has 6 nitrogen and oxygen atoms in total. The first kappa shape index (κ1) is 12.3. The molecule has 2 fully saturated rings. The van der Waals surface area contributed by atoms with Gasteiger partial charge in [0, 0.05) is 6.04 Å². The maximum atomic E-state index is 11.9. The highest BCUT2D eigenvalue weighted by atomic mass is 16.5. The van der Waals surface area contributed by atoms with E-state index in [0.29, 0.717) is 29.2 Å². The number of hydrogen-bond acceptors (Lipinski definition) is 5. The second-order valence-corrected chi connectivity index (χ2v) is 5.54. The number of aromatic nitrogens is 2. The molecule has 0 bridgehead atoms. The molecule has 3 rings (SSSR count). The average Bonchev–Trinajstić information content (AvgIpc) is 3.26. The number of nitrogens with two attached hydrogens (primary N) is 1. The molecule has 1 atom stereocenters. The zero-order valence-corrected chi connectivity index (χ0v) is 11.3. The second kappa shape index (κ2) is 4.43. The molecule has 2 saturated carbocycles. The third-order valence-corrected chi connectivity index (χ3v) is 3.95. The molecule has 1 unspecified atom stereocenters. The summed E-state index contributed by atoms with van der Waals surface area (Å²) in [6, 6.07) is 0.653. The lowest BCUT2D eigenvalue weighted by Crippen LogP contribution is -2.13. The van der Waals surface area contributed by atoms with Crippen LogP contribution in [0.5, 0.6) is 0 Å². The van der Waals surface area contributed by atoms with Crippen molar-refractivity contribution in [3.8, 4) is 0 Å². The Bertz CT molecular complexity index is 503. The van der Waals surface area contributed by atoms with E-state index >= 15 is 0 Å². The molecular weight excluding hydrogens is 244 g/mol. The summed E-state index contributed by atoms with van der Waals surface area (Å²) in [6.45, 7) is 2.10. The summed E-state index contributed by atoms with van der Waals surface area (Å²) < 4.78 is 6.59. The van der Waals surface area contributed by atoms with Gasteiger partial charge in [-0.05, 0) is 38.5 Å². The van der Waals surface area contributed by atoms with Crippen LogP contribution < -0.4 is 11.1 Å². The van der Waals surface area contributed by atoms with Crippen LogP contribution in [-0.2, 0) is 4.74 Å². The van der Waals surface area contributed by atoms with Gasteiger partial charge in [-0.15, -0.1) is 0 Å². The molecule has 1 aromatic heterocycles. The first-order valence-corrected chi connectivity index (χ1v) is 6.84. The maximum absolute atomic E-state index is 11.9. The van der Waals surface area contributed by atoms with Gasteiger partial charge in [0.2, 0.25) is 0 Å². The molecular formula is C13H20N4O2. The zero-order valence-electron chi connectivity index (χ0n) is 11.3. The van der Waals surface area contributed by atoms with Crippen molar-refractivity contribution in [3.05, 3.63) is 5.56 Å². The monoisotopic (exact) mass is 264 g/mol. The summed E-state index contributed by atoms with van der Waals surface area (Å²) in [5, 5.41) is 7.76. The Kier molecular flexibility index (Phi) is 2.88. The summed E-state index contributed by atoms with van der Waals surface area (Å²) in [7, 11) is 1.37. The van der Waals surface area contributed by atoms with E-state index in [2.05, 4.69) is 17.3 Å². The zero-order chi connectivity index (χ0) is 13.6. The van der Waals surface area contributed by atoms with E-state index in [1.54, 1.807) is 4.68 Å². The molecule has 2 aliphatic carbocycles. The third-order valence-electron chi connectivity index (χ3n) is 3.95. The molecule has 0 spiro atoms.